The maximum atomic E-state index is 4.25. The Balaban J connectivity index is 2.49. The number of hydrogen-bond acceptors (Lipinski definition) is 3. The highest BCUT2D eigenvalue weighted by atomic mass is 15.0. The Bertz CT molecular complexity index is 299. The fourth-order valence-corrected chi connectivity index (χ4v) is 1.67. The molecule has 2 N–H and O–H groups in total. The SMILES string of the molecule is CCCCC(C)Nc1ccnc(NCC)c1. The second-order valence-corrected chi connectivity index (χ2v) is 4.15. The molecule has 0 spiro atoms. The van der Waals surface area contributed by atoms with E-state index in [9.17, 15) is 0 Å². The summed E-state index contributed by atoms with van der Waals surface area (Å²) in [5.74, 6) is 0.940. The lowest BCUT2D eigenvalue weighted by molar-refractivity contribution is 0.645. The lowest BCUT2D eigenvalue weighted by Gasteiger charge is -2.15. The van der Waals surface area contributed by atoms with Crippen LogP contribution in [0.5, 0.6) is 0 Å². The fraction of sp³-hybridized carbons (Fsp3) is 0.615. The van der Waals surface area contributed by atoms with Crippen molar-refractivity contribution in [2.75, 3.05) is 17.2 Å². The van der Waals surface area contributed by atoms with Crippen LogP contribution in [0, 0.1) is 0 Å². The first-order valence-corrected chi connectivity index (χ1v) is 6.22. The molecule has 0 aliphatic carbocycles. The second kappa shape index (κ2) is 7.09. The molecule has 3 heteroatoms. The Morgan fingerprint density at radius 1 is 1.38 bits per heavy atom. The van der Waals surface area contributed by atoms with Crippen LogP contribution in [-0.4, -0.2) is 17.6 Å². The minimum Gasteiger partial charge on any atom is -0.382 e. The third kappa shape index (κ3) is 4.51. The zero-order chi connectivity index (χ0) is 11.8. The number of aromatic nitrogens is 1. The molecule has 1 rings (SSSR count). The molecule has 0 aliphatic rings. The number of pyridine rings is 1. The molecule has 0 amide bonds. The van der Waals surface area contributed by atoms with Crippen LogP contribution in [0.25, 0.3) is 0 Å². The van der Waals surface area contributed by atoms with E-state index in [1.165, 1.54) is 19.3 Å². The van der Waals surface area contributed by atoms with E-state index in [-0.39, 0.29) is 0 Å². The van der Waals surface area contributed by atoms with E-state index in [0.717, 1.165) is 18.1 Å². The van der Waals surface area contributed by atoms with Crippen LogP contribution in [0.1, 0.15) is 40.0 Å². The highest BCUT2D eigenvalue weighted by Gasteiger charge is 2.02. The van der Waals surface area contributed by atoms with Crippen LogP contribution in [0.3, 0.4) is 0 Å². The van der Waals surface area contributed by atoms with Gasteiger partial charge in [-0.15, -0.1) is 0 Å². The summed E-state index contributed by atoms with van der Waals surface area (Å²) >= 11 is 0. The van der Waals surface area contributed by atoms with Gasteiger partial charge in [-0.2, -0.15) is 0 Å². The fourth-order valence-electron chi connectivity index (χ4n) is 1.67. The van der Waals surface area contributed by atoms with Gasteiger partial charge in [-0.1, -0.05) is 19.8 Å². The molecular formula is C13H23N3. The van der Waals surface area contributed by atoms with E-state index in [1.807, 2.05) is 12.3 Å². The minimum atomic E-state index is 0.525. The van der Waals surface area contributed by atoms with Crippen molar-refractivity contribution in [3.63, 3.8) is 0 Å². The quantitative estimate of drug-likeness (QED) is 0.740. The molecule has 1 unspecified atom stereocenters. The number of nitrogens with one attached hydrogen (secondary N) is 2. The number of nitrogens with zero attached hydrogens (tertiary/aromatic N) is 1. The Hall–Kier alpha value is -1.25. The number of hydrogen-bond donors (Lipinski definition) is 2. The Labute approximate surface area is 98.7 Å². The lowest BCUT2D eigenvalue weighted by atomic mass is 10.1. The van der Waals surface area contributed by atoms with Crippen molar-refractivity contribution in [3.05, 3.63) is 18.3 Å². The number of rotatable bonds is 7. The largest absolute Gasteiger partial charge is 0.382 e. The van der Waals surface area contributed by atoms with Crippen LogP contribution < -0.4 is 10.6 Å². The third-order valence-corrected chi connectivity index (χ3v) is 2.52. The summed E-state index contributed by atoms with van der Waals surface area (Å²) < 4.78 is 0. The Kier molecular flexibility index (Phi) is 5.68. The molecule has 0 saturated carbocycles. The van der Waals surface area contributed by atoms with Crippen molar-refractivity contribution in [2.45, 2.75) is 46.1 Å². The summed E-state index contributed by atoms with van der Waals surface area (Å²) in [7, 11) is 0. The molecule has 0 aromatic carbocycles. The van der Waals surface area contributed by atoms with Gasteiger partial charge < -0.3 is 10.6 Å². The van der Waals surface area contributed by atoms with E-state index < -0.39 is 0 Å². The topological polar surface area (TPSA) is 37.0 Å². The zero-order valence-electron chi connectivity index (χ0n) is 10.6. The first-order valence-electron chi connectivity index (χ1n) is 6.22. The van der Waals surface area contributed by atoms with Crippen molar-refractivity contribution in [3.8, 4) is 0 Å². The van der Waals surface area contributed by atoms with Gasteiger partial charge in [0.05, 0.1) is 0 Å². The van der Waals surface area contributed by atoms with Crippen molar-refractivity contribution in [2.24, 2.45) is 0 Å². The summed E-state index contributed by atoms with van der Waals surface area (Å²) in [5, 5.41) is 6.71. The summed E-state index contributed by atoms with van der Waals surface area (Å²) in [6.07, 6.45) is 5.59. The Morgan fingerprint density at radius 3 is 2.88 bits per heavy atom. The van der Waals surface area contributed by atoms with Gasteiger partial charge in [-0.05, 0) is 26.3 Å². The molecule has 1 atom stereocenters. The summed E-state index contributed by atoms with van der Waals surface area (Å²) in [6.45, 7) is 7.43. The summed E-state index contributed by atoms with van der Waals surface area (Å²) in [5.41, 5.74) is 1.15. The standard InChI is InChI=1S/C13H23N3/c1-4-6-7-11(3)16-12-8-9-15-13(10-12)14-5-2/h8-11H,4-7H2,1-3H3,(H2,14,15,16). The molecule has 0 radical (unpaired) electrons. The van der Waals surface area contributed by atoms with Crippen LogP contribution in [0.15, 0.2) is 18.3 Å². The predicted molar refractivity (Wildman–Crippen MR) is 71.0 cm³/mol. The molecular weight excluding hydrogens is 198 g/mol. The molecule has 1 aromatic rings. The monoisotopic (exact) mass is 221 g/mol. The van der Waals surface area contributed by atoms with E-state index in [2.05, 4.69) is 42.5 Å². The molecule has 0 aliphatic heterocycles. The van der Waals surface area contributed by atoms with Gasteiger partial charge in [-0.3, -0.25) is 0 Å². The van der Waals surface area contributed by atoms with E-state index in [0.29, 0.717) is 6.04 Å². The van der Waals surface area contributed by atoms with Gasteiger partial charge in [0.25, 0.3) is 0 Å². The van der Waals surface area contributed by atoms with E-state index >= 15 is 0 Å². The Morgan fingerprint density at radius 2 is 2.19 bits per heavy atom. The zero-order valence-corrected chi connectivity index (χ0v) is 10.6. The molecule has 1 heterocycles. The van der Waals surface area contributed by atoms with Crippen LogP contribution in [0.2, 0.25) is 0 Å². The van der Waals surface area contributed by atoms with Crippen molar-refractivity contribution in [1.29, 1.82) is 0 Å². The first-order chi connectivity index (χ1) is 7.76. The highest BCUT2D eigenvalue weighted by molar-refractivity contribution is 5.52. The van der Waals surface area contributed by atoms with Crippen LogP contribution in [-0.2, 0) is 0 Å². The maximum Gasteiger partial charge on any atom is 0.127 e. The molecule has 1 aromatic heterocycles. The van der Waals surface area contributed by atoms with Crippen molar-refractivity contribution in [1.82, 2.24) is 4.98 Å². The third-order valence-electron chi connectivity index (χ3n) is 2.52. The van der Waals surface area contributed by atoms with Crippen LogP contribution in [0.4, 0.5) is 11.5 Å². The average Bonchev–Trinajstić information content (AvgIpc) is 2.27. The van der Waals surface area contributed by atoms with Crippen molar-refractivity contribution < 1.29 is 0 Å². The van der Waals surface area contributed by atoms with Gasteiger partial charge in [0.2, 0.25) is 0 Å². The van der Waals surface area contributed by atoms with Gasteiger partial charge in [0.1, 0.15) is 5.82 Å². The molecule has 0 saturated heterocycles. The van der Waals surface area contributed by atoms with E-state index in [4.69, 9.17) is 0 Å². The predicted octanol–water partition coefficient (Wildman–Crippen LogP) is 3.50. The van der Waals surface area contributed by atoms with Crippen LogP contribution >= 0.6 is 0 Å². The molecule has 16 heavy (non-hydrogen) atoms. The first kappa shape index (κ1) is 12.8. The highest BCUT2D eigenvalue weighted by Crippen LogP contribution is 2.14. The molecule has 90 valence electrons. The van der Waals surface area contributed by atoms with Gasteiger partial charge >= 0.3 is 0 Å². The second-order valence-electron chi connectivity index (χ2n) is 4.15. The van der Waals surface area contributed by atoms with E-state index in [1.54, 1.807) is 0 Å². The normalized spacial score (nSPS) is 12.2. The van der Waals surface area contributed by atoms with Crippen molar-refractivity contribution >= 4 is 11.5 Å². The lowest BCUT2D eigenvalue weighted by Crippen LogP contribution is -2.15. The number of anilines is 2. The average molecular weight is 221 g/mol. The summed E-state index contributed by atoms with van der Waals surface area (Å²) in [4.78, 5) is 4.25. The minimum absolute atomic E-state index is 0.525. The number of unbranched alkanes of at least 4 members (excludes halogenated alkanes) is 1. The summed E-state index contributed by atoms with van der Waals surface area (Å²) in [6, 6.07) is 4.60. The molecule has 0 bridgehead atoms. The molecule has 0 fully saturated rings. The van der Waals surface area contributed by atoms with Gasteiger partial charge in [0.15, 0.2) is 0 Å². The maximum absolute atomic E-state index is 4.25. The van der Waals surface area contributed by atoms with Gasteiger partial charge in [0, 0.05) is 30.5 Å². The molecule has 3 nitrogen and oxygen atoms in total. The van der Waals surface area contributed by atoms with Gasteiger partial charge in [-0.25, -0.2) is 4.98 Å². The smallest absolute Gasteiger partial charge is 0.127 e.